The molecule has 0 aliphatic carbocycles. The lowest BCUT2D eigenvalue weighted by Gasteiger charge is -2.10. The minimum absolute atomic E-state index is 0.734. The highest BCUT2D eigenvalue weighted by Gasteiger charge is 2.10. The minimum atomic E-state index is 0.734. The molecule has 3 rings (SSSR count). The SMILES string of the molecule is Cc1cc(-c2ccc3c(c2)CNCCO3)cnc1C. The Bertz CT molecular complexity index is 608. The van der Waals surface area contributed by atoms with Crippen LogP contribution in [0.5, 0.6) is 5.75 Å². The van der Waals surface area contributed by atoms with Gasteiger partial charge in [-0.05, 0) is 43.2 Å². The lowest BCUT2D eigenvalue weighted by Crippen LogP contribution is -2.16. The Morgan fingerprint density at radius 2 is 2.05 bits per heavy atom. The molecule has 19 heavy (non-hydrogen) atoms. The van der Waals surface area contributed by atoms with E-state index in [9.17, 15) is 0 Å². The van der Waals surface area contributed by atoms with Crippen molar-refractivity contribution in [3.63, 3.8) is 0 Å². The number of benzene rings is 1. The first kappa shape index (κ1) is 12.2. The first-order valence-corrected chi connectivity index (χ1v) is 6.64. The number of aromatic nitrogens is 1. The zero-order valence-electron chi connectivity index (χ0n) is 11.4. The van der Waals surface area contributed by atoms with Crippen LogP contribution in [-0.2, 0) is 6.54 Å². The average molecular weight is 254 g/mol. The fraction of sp³-hybridized carbons (Fsp3) is 0.312. The molecular weight excluding hydrogens is 236 g/mol. The second-order valence-electron chi connectivity index (χ2n) is 4.97. The second-order valence-corrected chi connectivity index (χ2v) is 4.97. The molecule has 0 bridgehead atoms. The summed E-state index contributed by atoms with van der Waals surface area (Å²) in [4.78, 5) is 4.44. The third-order valence-corrected chi connectivity index (χ3v) is 3.59. The van der Waals surface area contributed by atoms with E-state index >= 15 is 0 Å². The van der Waals surface area contributed by atoms with Crippen molar-refractivity contribution < 1.29 is 4.74 Å². The number of aryl methyl sites for hydroxylation is 2. The molecular formula is C16H18N2O. The molecule has 0 atom stereocenters. The maximum Gasteiger partial charge on any atom is 0.123 e. The van der Waals surface area contributed by atoms with Gasteiger partial charge in [-0.2, -0.15) is 0 Å². The van der Waals surface area contributed by atoms with Gasteiger partial charge in [-0.3, -0.25) is 4.98 Å². The molecule has 3 heteroatoms. The highest BCUT2D eigenvalue weighted by molar-refractivity contribution is 5.65. The first-order valence-electron chi connectivity index (χ1n) is 6.64. The molecule has 0 fully saturated rings. The van der Waals surface area contributed by atoms with Crippen LogP contribution in [0.15, 0.2) is 30.5 Å². The average Bonchev–Trinajstić information content (AvgIpc) is 2.66. The largest absolute Gasteiger partial charge is 0.492 e. The molecule has 1 aromatic heterocycles. The molecule has 1 N–H and O–H groups in total. The molecule has 0 amide bonds. The van der Waals surface area contributed by atoms with Crippen molar-refractivity contribution in [2.75, 3.05) is 13.2 Å². The summed E-state index contributed by atoms with van der Waals surface area (Å²) in [5.41, 5.74) is 5.88. The van der Waals surface area contributed by atoms with Gasteiger partial charge in [0.05, 0.1) is 0 Å². The van der Waals surface area contributed by atoms with Crippen molar-refractivity contribution in [1.29, 1.82) is 0 Å². The quantitative estimate of drug-likeness (QED) is 0.849. The number of ether oxygens (including phenoxy) is 1. The van der Waals surface area contributed by atoms with Gasteiger partial charge in [0.25, 0.3) is 0 Å². The molecule has 3 nitrogen and oxygen atoms in total. The van der Waals surface area contributed by atoms with Crippen molar-refractivity contribution in [1.82, 2.24) is 10.3 Å². The fourth-order valence-electron chi connectivity index (χ4n) is 2.30. The molecule has 0 radical (unpaired) electrons. The number of hydrogen-bond donors (Lipinski definition) is 1. The Hall–Kier alpha value is -1.87. The minimum Gasteiger partial charge on any atom is -0.492 e. The molecule has 1 aliphatic rings. The van der Waals surface area contributed by atoms with Gasteiger partial charge in [0, 0.05) is 36.1 Å². The Morgan fingerprint density at radius 3 is 2.89 bits per heavy atom. The van der Waals surface area contributed by atoms with Gasteiger partial charge in [-0.25, -0.2) is 0 Å². The number of hydrogen-bond acceptors (Lipinski definition) is 3. The van der Waals surface area contributed by atoms with Crippen LogP contribution in [0.4, 0.5) is 0 Å². The zero-order valence-corrected chi connectivity index (χ0v) is 11.4. The van der Waals surface area contributed by atoms with Crippen LogP contribution < -0.4 is 10.1 Å². The normalized spacial score (nSPS) is 14.4. The molecule has 0 saturated carbocycles. The summed E-state index contributed by atoms with van der Waals surface area (Å²) in [6.07, 6.45) is 1.94. The Kier molecular flexibility index (Phi) is 3.22. The van der Waals surface area contributed by atoms with Gasteiger partial charge in [-0.15, -0.1) is 0 Å². The molecule has 2 aromatic rings. The number of fused-ring (bicyclic) bond motifs is 1. The summed E-state index contributed by atoms with van der Waals surface area (Å²) in [7, 11) is 0. The first-order chi connectivity index (χ1) is 9.24. The van der Waals surface area contributed by atoms with Gasteiger partial charge in [0.15, 0.2) is 0 Å². The van der Waals surface area contributed by atoms with E-state index in [-0.39, 0.29) is 0 Å². The standard InChI is InChI=1S/C16H18N2O/c1-11-7-14(10-18-12(11)2)13-3-4-16-15(8-13)9-17-5-6-19-16/h3-4,7-8,10,17H,5-6,9H2,1-2H3. The van der Waals surface area contributed by atoms with Gasteiger partial charge in [-0.1, -0.05) is 6.07 Å². The molecule has 2 heterocycles. The number of pyridine rings is 1. The lowest BCUT2D eigenvalue weighted by atomic mass is 10.0. The highest BCUT2D eigenvalue weighted by Crippen LogP contribution is 2.28. The summed E-state index contributed by atoms with van der Waals surface area (Å²) in [6.45, 7) is 6.63. The van der Waals surface area contributed by atoms with Crippen LogP contribution >= 0.6 is 0 Å². The van der Waals surface area contributed by atoms with Gasteiger partial charge in [0.1, 0.15) is 12.4 Å². The van der Waals surface area contributed by atoms with Crippen LogP contribution in [0.25, 0.3) is 11.1 Å². The van der Waals surface area contributed by atoms with E-state index in [0.717, 1.165) is 36.7 Å². The van der Waals surface area contributed by atoms with Gasteiger partial charge < -0.3 is 10.1 Å². The van der Waals surface area contributed by atoms with E-state index in [4.69, 9.17) is 4.74 Å². The van der Waals surface area contributed by atoms with Crippen LogP contribution in [0, 0.1) is 13.8 Å². The summed E-state index contributed by atoms with van der Waals surface area (Å²) in [6, 6.07) is 8.55. The smallest absolute Gasteiger partial charge is 0.123 e. The van der Waals surface area contributed by atoms with Crippen molar-refractivity contribution in [2.24, 2.45) is 0 Å². The Labute approximate surface area is 113 Å². The fourth-order valence-corrected chi connectivity index (χ4v) is 2.30. The lowest BCUT2D eigenvalue weighted by molar-refractivity contribution is 0.326. The molecule has 1 aliphatic heterocycles. The summed E-state index contributed by atoms with van der Waals surface area (Å²) >= 11 is 0. The molecule has 98 valence electrons. The van der Waals surface area contributed by atoms with Crippen LogP contribution in [0.3, 0.4) is 0 Å². The highest BCUT2D eigenvalue weighted by atomic mass is 16.5. The predicted octanol–water partition coefficient (Wildman–Crippen LogP) is 2.85. The second kappa shape index (κ2) is 5.02. The van der Waals surface area contributed by atoms with E-state index in [2.05, 4.69) is 41.5 Å². The van der Waals surface area contributed by atoms with Gasteiger partial charge in [0.2, 0.25) is 0 Å². The maximum atomic E-state index is 5.70. The van der Waals surface area contributed by atoms with Crippen LogP contribution in [0.2, 0.25) is 0 Å². The number of rotatable bonds is 1. The molecule has 0 saturated heterocycles. The zero-order chi connectivity index (χ0) is 13.2. The third-order valence-electron chi connectivity index (χ3n) is 3.59. The number of nitrogens with one attached hydrogen (secondary N) is 1. The van der Waals surface area contributed by atoms with E-state index in [1.807, 2.05) is 13.1 Å². The Balaban J connectivity index is 2.01. The molecule has 1 aromatic carbocycles. The third kappa shape index (κ3) is 2.47. The topological polar surface area (TPSA) is 34.1 Å². The Morgan fingerprint density at radius 1 is 1.16 bits per heavy atom. The molecule has 0 unspecified atom stereocenters. The van der Waals surface area contributed by atoms with Gasteiger partial charge >= 0.3 is 0 Å². The summed E-state index contributed by atoms with van der Waals surface area (Å²) in [5.74, 6) is 0.991. The molecule has 0 spiro atoms. The van der Waals surface area contributed by atoms with Crippen molar-refractivity contribution >= 4 is 0 Å². The van der Waals surface area contributed by atoms with E-state index < -0.39 is 0 Å². The van der Waals surface area contributed by atoms with Crippen molar-refractivity contribution in [3.8, 4) is 16.9 Å². The monoisotopic (exact) mass is 254 g/mol. The van der Waals surface area contributed by atoms with E-state index in [1.165, 1.54) is 16.7 Å². The van der Waals surface area contributed by atoms with Crippen LogP contribution in [-0.4, -0.2) is 18.1 Å². The summed E-state index contributed by atoms with van der Waals surface area (Å²) in [5, 5.41) is 3.36. The predicted molar refractivity (Wildman–Crippen MR) is 76.3 cm³/mol. The van der Waals surface area contributed by atoms with Crippen molar-refractivity contribution in [2.45, 2.75) is 20.4 Å². The van der Waals surface area contributed by atoms with E-state index in [1.54, 1.807) is 0 Å². The van der Waals surface area contributed by atoms with Crippen molar-refractivity contribution in [3.05, 3.63) is 47.3 Å². The van der Waals surface area contributed by atoms with E-state index in [0.29, 0.717) is 0 Å². The number of nitrogens with zero attached hydrogens (tertiary/aromatic N) is 1. The van der Waals surface area contributed by atoms with Crippen LogP contribution in [0.1, 0.15) is 16.8 Å². The summed E-state index contributed by atoms with van der Waals surface area (Å²) < 4.78 is 5.70. The maximum absolute atomic E-state index is 5.70.